The van der Waals surface area contributed by atoms with Gasteiger partial charge in [0.1, 0.15) is 11.6 Å². The first-order valence-electron chi connectivity index (χ1n) is 11.1. The van der Waals surface area contributed by atoms with Gasteiger partial charge in [0, 0.05) is 17.6 Å². The predicted molar refractivity (Wildman–Crippen MR) is 131 cm³/mol. The van der Waals surface area contributed by atoms with Gasteiger partial charge in [-0.3, -0.25) is 0 Å². The molecule has 2 heterocycles. The lowest BCUT2D eigenvalue weighted by molar-refractivity contribution is 0.194. The lowest BCUT2D eigenvalue weighted by atomic mass is 10.0. The van der Waals surface area contributed by atoms with Crippen molar-refractivity contribution in [3.63, 3.8) is 0 Å². The molecule has 1 aliphatic heterocycles. The van der Waals surface area contributed by atoms with Crippen LogP contribution in [0.3, 0.4) is 0 Å². The maximum Gasteiger partial charge on any atom is 0.322 e. The Morgan fingerprint density at radius 2 is 1.88 bits per heavy atom. The van der Waals surface area contributed by atoms with E-state index < -0.39 is 5.82 Å². The monoisotopic (exact) mass is 475 g/mol. The van der Waals surface area contributed by atoms with E-state index in [1.807, 2.05) is 67.7 Å². The van der Waals surface area contributed by atoms with Crippen LogP contribution in [0.4, 0.5) is 14.9 Å². The molecule has 5 nitrogen and oxygen atoms in total. The number of para-hydroxylation sites is 1. The zero-order chi connectivity index (χ0) is 23.7. The average Bonchev–Trinajstić information content (AvgIpc) is 3.27. The van der Waals surface area contributed by atoms with Gasteiger partial charge < -0.3 is 19.5 Å². The van der Waals surface area contributed by atoms with E-state index in [0.29, 0.717) is 18.8 Å². The number of ether oxygens (including phenoxy) is 1. The SMILES string of the molecule is CCOc1ccc(C2c3cccn3-c3ccccc3CN2C(=O)Nc2ccc(F)c(Cl)c2)cc1. The molecule has 172 valence electrons. The summed E-state index contributed by atoms with van der Waals surface area (Å²) in [6, 6.07) is 23.3. The number of carbonyl (C=O) groups excluding carboxylic acids is 1. The predicted octanol–water partition coefficient (Wildman–Crippen LogP) is 6.81. The van der Waals surface area contributed by atoms with Crippen molar-refractivity contribution in [1.29, 1.82) is 0 Å². The Morgan fingerprint density at radius 3 is 2.65 bits per heavy atom. The van der Waals surface area contributed by atoms with Crippen molar-refractivity contribution in [2.75, 3.05) is 11.9 Å². The van der Waals surface area contributed by atoms with E-state index in [2.05, 4.69) is 16.0 Å². The van der Waals surface area contributed by atoms with Gasteiger partial charge >= 0.3 is 6.03 Å². The largest absolute Gasteiger partial charge is 0.494 e. The fourth-order valence-corrected chi connectivity index (χ4v) is 4.55. The van der Waals surface area contributed by atoms with E-state index in [9.17, 15) is 9.18 Å². The summed E-state index contributed by atoms with van der Waals surface area (Å²) in [5, 5.41) is 2.85. The van der Waals surface area contributed by atoms with Gasteiger partial charge in [-0.05, 0) is 66.6 Å². The van der Waals surface area contributed by atoms with Gasteiger partial charge in [0.15, 0.2) is 0 Å². The van der Waals surface area contributed by atoms with Crippen molar-refractivity contribution in [3.8, 4) is 11.4 Å². The number of hydrogen-bond acceptors (Lipinski definition) is 2. The molecule has 0 spiro atoms. The zero-order valence-electron chi connectivity index (χ0n) is 18.5. The summed E-state index contributed by atoms with van der Waals surface area (Å²) in [5.41, 5.74) is 4.37. The fraction of sp³-hybridized carbons (Fsp3) is 0.148. The second-order valence-corrected chi connectivity index (χ2v) is 8.43. The van der Waals surface area contributed by atoms with Gasteiger partial charge in [-0.2, -0.15) is 0 Å². The maximum absolute atomic E-state index is 13.7. The minimum absolute atomic E-state index is 0.0454. The Labute approximate surface area is 202 Å². The van der Waals surface area contributed by atoms with Gasteiger partial charge in [0.2, 0.25) is 0 Å². The summed E-state index contributed by atoms with van der Waals surface area (Å²) in [6.07, 6.45) is 2.01. The van der Waals surface area contributed by atoms with Crippen LogP contribution in [0.15, 0.2) is 85.1 Å². The Hall–Kier alpha value is -3.77. The molecule has 2 amide bonds. The molecule has 0 aliphatic carbocycles. The van der Waals surface area contributed by atoms with Crippen LogP contribution in [0.1, 0.15) is 29.8 Å². The second kappa shape index (κ2) is 9.23. The number of nitrogens with zero attached hydrogens (tertiary/aromatic N) is 2. The molecule has 7 heteroatoms. The highest BCUT2D eigenvalue weighted by Crippen LogP contribution is 2.37. The van der Waals surface area contributed by atoms with Crippen molar-refractivity contribution in [3.05, 3.63) is 113 Å². The van der Waals surface area contributed by atoms with Crippen LogP contribution >= 0.6 is 11.6 Å². The normalized spacial score (nSPS) is 14.7. The van der Waals surface area contributed by atoms with Crippen LogP contribution in [-0.4, -0.2) is 22.1 Å². The van der Waals surface area contributed by atoms with Crippen LogP contribution in [0, 0.1) is 5.82 Å². The maximum atomic E-state index is 13.7. The molecule has 1 unspecified atom stereocenters. The van der Waals surface area contributed by atoms with Gasteiger partial charge in [-0.15, -0.1) is 0 Å². The van der Waals surface area contributed by atoms with Crippen LogP contribution in [0.2, 0.25) is 5.02 Å². The first kappa shape index (κ1) is 22.0. The first-order valence-corrected chi connectivity index (χ1v) is 11.4. The molecule has 1 N–H and O–H groups in total. The highest BCUT2D eigenvalue weighted by Gasteiger charge is 2.33. The number of urea groups is 1. The number of hydrogen-bond donors (Lipinski definition) is 1. The minimum atomic E-state index is -0.534. The number of amides is 2. The summed E-state index contributed by atoms with van der Waals surface area (Å²) in [6.45, 7) is 2.91. The van der Waals surface area contributed by atoms with E-state index in [1.165, 1.54) is 18.2 Å². The number of benzene rings is 3. The number of fused-ring (bicyclic) bond motifs is 3. The molecule has 0 bridgehead atoms. The van der Waals surface area contributed by atoms with Gasteiger partial charge in [0.05, 0.1) is 29.9 Å². The van der Waals surface area contributed by atoms with Gasteiger partial charge in [-0.1, -0.05) is 41.9 Å². The second-order valence-electron chi connectivity index (χ2n) is 8.02. The smallest absolute Gasteiger partial charge is 0.322 e. The number of carbonyl (C=O) groups is 1. The Bertz CT molecular complexity index is 1340. The summed E-state index contributed by atoms with van der Waals surface area (Å²) >= 11 is 5.94. The minimum Gasteiger partial charge on any atom is -0.494 e. The zero-order valence-corrected chi connectivity index (χ0v) is 19.3. The first-order chi connectivity index (χ1) is 16.5. The number of rotatable bonds is 4. The van der Waals surface area contributed by atoms with Crippen molar-refractivity contribution in [2.24, 2.45) is 0 Å². The van der Waals surface area contributed by atoms with Crippen molar-refractivity contribution >= 4 is 23.3 Å². The summed E-state index contributed by atoms with van der Waals surface area (Å²) in [7, 11) is 0. The highest BCUT2D eigenvalue weighted by molar-refractivity contribution is 6.31. The Balaban J connectivity index is 1.59. The average molecular weight is 476 g/mol. The third-order valence-corrected chi connectivity index (χ3v) is 6.19. The molecule has 34 heavy (non-hydrogen) atoms. The number of halogens is 2. The van der Waals surface area contributed by atoms with Crippen molar-refractivity contribution < 1.29 is 13.9 Å². The van der Waals surface area contributed by atoms with Gasteiger partial charge in [0.25, 0.3) is 0 Å². The van der Waals surface area contributed by atoms with Crippen LogP contribution in [0.25, 0.3) is 5.69 Å². The van der Waals surface area contributed by atoms with Crippen molar-refractivity contribution in [1.82, 2.24) is 9.47 Å². The summed E-state index contributed by atoms with van der Waals surface area (Å²) in [5.74, 6) is 0.240. The third kappa shape index (κ3) is 4.13. The standard InChI is InChI=1S/C27H23ClFN3O2/c1-2-34-21-12-9-18(10-13-21)26-25-8-5-15-31(25)24-7-4-3-6-19(24)17-32(26)27(33)30-20-11-14-23(29)22(28)16-20/h3-16,26H,2,17H2,1H3,(H,30,33). The Kier molecular flexibility index (Phi) is 5.99. The molecular formula is C27H23ClFN3O2. The lowest BCUT2D eigenvalue weighted by Crippen LogP contribution is -2.37. The van der Waals surface area contributed by atoms with E-state index in [-0.39, 0.29) is 17.1 Å². The van der Waals surface area contributed by atoms with Crippen LogP contribution in [0.5, 0.6) is 5.75 Å². The van der Waals surface area contributed by atoms with Crippen LogP contribution < -0.4 is 10.1 Å². The number of aromatic nitrogens is 1. The molecule has 0 fully saturated rings. The molecule has 5 rings (SSSR count). The molecule has 4 aromatic rings. The van der Waals surface area contributed by atoms with E-state index in [1.54, 1.807) is 4.90 Å². The van der Waals surface area contributed by atoms with E-state index in [0.717, 1.165) is 28.3 Å². The number of nitrogens with one attached hydrogen (secondary N) is 1. The quantitative estimate of drug-likeness (QED) is 0.352. The third-order valence-electron chi connectivity index (χ3n) is 5.90. The Morgan fingerprint density at radius 1 is 1.09 bits per heavy atom. The summed E-state index contributed by atoms with van der Waals surface area (Å²) < 4.78 is 21.4. The molecule has 0 radical (unpaired) electrons. The lowest BCUT2D eigenvalue weighted by Gasteiger charge is -2.31. The molecule has 1 aromatic heterocycles. The van der Waals surface area contributed by atoms with Crippen LogP contribution in [-0.2, 0) is 6.54 Å². The molecule has 0 saturated heterocycles. The molecule has 1 aliphatic rings. The molecule has 0 saturated carbocycles. The molecule has 3 aromatic carbocycles. The fourth-order valence-electron chi connectivity index (χ4n) is 4.37. The van der Waals surface area contributed by atoms with Crippen molar-refractivity contribution in [2.45, 2.75) is 19.5 Å². The molecule has 1 atom stereocenters. The highest BCUT2D eigenvalue weighted by atomic mass is 35.5. The van der Waals surface area contributed by atoms with E-state index in [4.69, 9.17) is 16.3 Å². The molecular weight excluding hydrogens is 453 g/mol. The topological polar surface area (TPSA) is 46.5 Å². The number of anilines is 1. The summed E-state index contributed by atoms with van der Waals surface area (Å²) in [4.78, 5) is 15.4. The van der Waals surface area contributed by atoms with E-state index >= 15 is 0 Å². The van der Waals surface area contributed by atoms with Gasteiger partial charge in [-0.25, -0.2) is 9.18 Å².